The van der Waals surface area contributed by atoms with Crippen LogP contribution in [0.2, 0.25) is 0 Å². The molecule has 0 atom stereocenters. The lowest BCUT2D eigenvalue weighted by Crippen LogP contribution is -2.36. The Morgan fingerprint density at radius 1 is 1.03 bits per heavy atom. The maximum absolute atomic E-state index is 5.92. The number of hydrogen-bond acceptors (Lipinski definition) is 2. The molecule has 0 unspecified atom stereocenters. The molecule has 2 aromatic carbocycles. The van der Waals surface area contributed by atoms with Gasteiger partial charge in [0.05, 0.1) is 6.33 Å². The van der Waals surface area contributed by atoms with Crippen LogP contribution in [0.25, 0.3) is 0 Å². The molecule has 0 aliphatic rings. The monoisotopic (exact) mass is 420 g/mol. The molecule has 0 bridgehead atoms. The number of hydrogen-bond donors (Lipinski definition) is 1. The Balaban J connectivity index is 1.78. The maximum Gasteiger partial charge on any atom is 0.173 e. The molecule has 1 N–H and O–H groups in total. The Morgan fingerprint density at radius 2 is 1.73 bits per heavy atom. The molecule has 3 rings (SSSR count). The summed E-state index contributed by atoms with van der Waals surface area (Å²) < 4.78 is 2.12. The number of imidazole rings is 1. The number of rotatable bonds is 9. The van der Waals surface area contributed by atoms with Gasteiger partial charge in [-0.2, -0.15) is 0 Å². The van der Waals surface area contributed by atoms with E-state index in [1.54, 1.807) is 0 Å². The van der Waals surface area contributed by atoms with Gasteiger partial charge in [0, 0.05) is 37.7 Å². The van der Waals surface area contributed by atoms with E-state index in [-0.39, 0.29) is 0 Å². The molecule has 30 heavy (non-hydrogen) atoms. The number of aryl methyl sites for hydroxylation is 4. The minimum absolute atomic E-state index is 0.791. The minimum atomic E-state index is 0.791. The van der Waals surface area contributed by atoms with E-state index in [1.165, 1.54) is 27.9 Å². The van der Waals surface area contributed by atoms with E-state index in [9.17, 15) is 0 Å². The van der Waals surface area contributed by atoms with Gasteiger partial charge >= 0.3 is 0 Å². The summed E-state index contributed by atoms with van der Waals surface area (Å²) in [6.45, 7) is 9.17. The molecule has 0 saturated carbocycles. The van der Waals surface area contributed by atoms with Crippen molar-refractivity contribution in [3.8, 4) is 0 Å². The van der Waals surface area contributed by atoms with Crippen molar-refractivity contribution in [2.24, 2.45) is 0 Å². The van der Waals surface area contributed by atoms with Gasteiger partial charge < -0.3 is 14.8 Å². The molecule has 0 amide bonds. The van der Waals surface area contributed by atoms with Crippen molar-refractivity contribution in [2.75, 3.05) is 11.9 Å². The number of para-hydroxylation sites is 1. The second-order valence-electron chi connectivity index (χ2n) is 7.59. The molecule has 0 aliphatic carbocycles. The highest BCUT2D eigenvalue weighted by atomic mass is 32.1. The summed E-state index contributed by atoms with van der Waals surface area (Å²) in [6.07, 6.45) is 8.67. The van der Waals surface area contributed by atoms with Crippen LogP contribution in [0.4, 0.5) is 5.69 Å². The second kappa shape index (κ2) is 10.9. The number of nitrogens with zero attached hydrogens (tertiary/aromatic N) is 3. The van der Waals surface area contributed by atoms with Crippen molar-refractivity contribution in [1.82, 2.24) is 14.5 Å². The van der Waals surface area contributed by atoms with Crippen LogP contribution in [0.1, 0.15) is 42.5 Å². The van der Waals surface area contributed by atoms with Crippen LogP contribution in [0.15, 0.2) is 61.2 Å². The van der Waals surface area contributed by atoms with Crippen LogP contribution >= 0.6 is 12.2 Å². The SMILES string of the molecule is CCc1cccc(CC)c1NC(=S)N(CCCn1ccnc1)Cc1ccccc1C. The van der Waals surface area contributed by atoms with Gasteiger partial charge in [-0.15, -0.1) is 0 Å². The van der Waals surface area contributed by atoms with Crippen LogP contribution in [-0.2, 0) is 25.9 Å². The normalized spacial score (nSPS) is 10.8. The minimum Gasteiger partial charge on any atom is -0.345 e. The first-order valence-corrected chi connectivity index (χ1v) is 11.2. The molecule has 0 fully saturated rings. The Labute approximate surface area is 186 Å². The molecule has 3 aromatic rings. The van der Waals surface area contributed by atoms with E-state index in [0.717, 1.165) is 44.0 Å². The fourth-order valence-electron chi connectivity index (χ4n) is 3.70. The Morgan fingerprint density at radius 3 is 2.37 bits per heavy atom. The van der Waals surface area contributed by atoms with E-state index in [1.807, 2.05) is 18.7 Å². The summed E-state index contributed by atoms with van der Waals surface area (Å²) in [6, 6.07) is 15.1. The van der Waals surface area contributed by atoms with Crippen molar-refractivity contribution in [1.29, 1.82) is 0 Å². The molecular formula is C25H32N4S. The van der Waals surface area contributed by atoms with Crippen LogP contribution in [-0.4, -0.2) is 26.1 Å². The third kappa shape index (κ3) is 5.70. The quantitative estimate of drug-likeness (QED) is 0.456. The number of anilines is 1. The predicted octanol–water partition coefficient (Wildman–Crippen LogP) is 5.61. The zero-order chi connectivity index (χ0) is 21.3. The van der Waals surface area contributed by atoms with Crippen molar-refractivity contribution in [3.05, 3.63) is 83.4 Å². The van der Waals surface area contributed by atoms with Gasteiger partial charge in [0.2, 0.25) is 0 Å². The maximum atomic E-state index is 5.92. The van der Waals surface area contributed by atoms with E-state index >= 15 is 0 Å². The predicted molar refractivity (Wildman–Crippen MR) is 130 cm³/mol. The number of nitrogens with one attached hydrogen (secondary N) is 1. The van der Waals surface area contributed by atoms with Gasteiger partial charge in [-0.05, 0) is 60.7 Å². The summed E-state index contributed by atoms with van der Waals surface area (Å²) in [5.41, 5.74) is 6.40. The first-order valence-electron chi connectivity index (χ1n) is 10.8. The first kappa shape index (κ1) is 22.0. The molecule has 1 aromatic heterocycles. The van der Waals surface area contributed by atoms with Gasteiger partial charge in [-0.3, -0.25) is 0 Å². The van der Waals surface area contributed by atoms with Crippen molar-refractivity contribution < 1.29 is 0 Å². The molecule has 158 valence electrons. The number of benzene rings is 2. The third-order valence-corrected chi connectivity index (χ3v) is 5.90. The summed E-state index contributed by atoms with van der Waals surface area (Å²) in [5, 5.41) is 4.39. The van der Waals surface area contributed by atoms with Crippen molar-refractivity contribution in [3.63, 3.8) is 0 Å². The Bertz CT molecular complexity index is 927. The van der Waals surface area contributed by atoms with Gasteiger partial charge in [0.15, 0.2) is 5.11 Å². The fourth-order valence-corrected chi connectivity index (χ4v) is 3.96. The molecular weight excluding hydrogens is 388 g/mol. The van der Waals surface area contributed by atoms with Gasteiger partial charge in [-0.25, -0.2) is 4.98 Å². The van der Waals surface area contributed by atoms with E-state index in [0.29, 0.717) is 0 Å². The zero-order valence-corrected chi connectivity index (χ0v) is 19.1. The standard InChI is InChI=1S/C25H32N4S/c1-4-21-12-8-13-22(5-2)24(21)27-25(30)29(16-9-15-28-17-14-26-19-28)18-23-11-7-6-10-20(23)3/h6-8,10-14,17,19H,4-5,9,15-16,18H2,1-3H3,(H,27,30). The lowest BCUT2D eigenvalue weighted by molar-refractivity contribution is 0.395. The van der Waals surface area contributed by atoms with Crippen LogP contribution in [0.5, 0.6) is 0 Å². The van der Waals surface area contributed by atoms with Crippen molar-refractivity contribution >= 4 is 23.0 Å². The molecule has 4 nitrogen and oxygen atoms in total. The molecule has 0 radical (unpaired) electrons. The average Bonchev–Trinajstić information content (AvgIpc) is 3.28. The highest BCUT2D eigenvalue weighted by Crippen LogP contribution is 2.23. The summed E-state index contributed by atoms with van der Waals surface area (Å²) in [5.74, 6) is 0. The molecule has 0 aliphatic heterocycles. The van der Waals surface area contributed by atoms with Crippen LogP contribution in [0, 0.1) is 6.92 Å². The lowest BCUT2D eigenvalue weighted by atomic mass is 10.0. The number of aromatic nitrogens is 2. The molecule has 0 spiro atoms. The topological polar surface area (TPSA) is 33.1 Å². The Hall–Kier alpha value is -2.66. The lowest BCUT2D eigenvalue weighted by Gasteiger charge is -2.28. The second-order valence-corrected chi connectivity index (χ2v) is 7.98. The van der Waals surface area contributed by atoms with E-state index in [2.05, 4.69) is 83.0 Å². The first-order chi connectivity index (χ1) is 14.6. The highest BCUT2D eigenvalue weighted by Gasteiger charge is 2.15. The molecule has 0 saturated heterocycles. The summed E-state index contributed by atoms with van der Waals surface area (Å²) in [7, 11) is 0. The van der Waals surface area contributed by atoms with Crippen LogP contribution in [0.3, 0.4) is 0 Å². The Kier molecular flexibility index (Phi) is 8.03. The van der Waals surface area contributed by atoms with Gasteiger partial charge in [0.25, 0.3) is 0 Å². The highest BCUT2D eigenvalue weighted by molar-refractivity contribution is 7.80. The summed E-state index contributed by atoms with van der Waals surface area (Å²) >= 11 is 5.92. The van der Waals surface area contributed by atoms with Gasteiger partial charge in [-0.1, -0.05) is 56.3 Å². The van der Waals surface area contributed by atoms with Crippen LogP contribution < -0.4 is 5.32 Å². The van der Waals surface area contributed by atoms with Crippen molar-refractivity contribution in [2.45, 2.75) is 53.1 Å². The summed E-state index contributed by atoms with van der Waals surface area (Å²) in [4.78, 5) is 6.43. The van der Waals surface area contributed by atoms with E-state index < -0.39 is 0 Å². The third-order valence-electron chi connectivity index (χ3n) is 5.54. The molecule has 5 heteroatoms. The molecule has 1 heterocycles. The van der Waals surface area contributed by atoms with Gasteiger partial charge in [0.1, 0.15) is 0 Å². The number of thiocarbonyl (C=S) groups is 1. The van der Waals surface area contributed by atoms with E-state index in [4.69, 9.17) is 12.2 Å². The fraction of sp³-hybridized carbons (Fsp3) is 0.360. The zero-order valence-electron chi connectivity index (χ0n) is 18.3. The largest absolute Gasteiger partial charge is 0.345 e. The average molecular weight is 421 g/mol. The smallest absolute Gasteiger partial charge is 0.173 e.